The number of rotatable bonds is 3. The van der Waals surface area contributed by atoms with Crippen LogP contribution < -0.4 is 14.8 Å². The summed E-state index contributed by atoms with van der Waals surface area (Å²) in [5.41, 5.74) is 3.73. The molecular formula is C25H30N4O4. The summed E-state index contributed by atoms with van der Waals surface area (Å²) in [6.07, 6.45) is 0. The largest absolute Gasteiger partial charge is 0.486 e. The van der Waals surface area contributed by atoms with E-state index in [0.717, 1.165) is 24.2 Å². The second kappa shape index (κ2) is 8.59. The zero-order chi connectivity index (χ0) is 23.0. The van der Waals surface area contributed by atoms with E-state index in [0.29, 0.717) is 55.9 Å². The van der Waals surface area contributed by atoms with Crippen LogP contribution in [0.5, 0.6) is 11.5 Å². The minimum atomic E-state index is -0.108. The third kappa shape index (κ3) is 4.75. The number of piperazine rings is 1. The third-order valence-corrected chi connectivity index (χ3v) is 6.11. The molecule has 0 saturated carbocycles. The first-order valence-corrected chi connectivity index (χ1v) is 11.4. The van der Waals surface area contributed by atoms with E-state index in [9.17, 15) is 4.79 Å². The van der Waals surface area contributed by atoms with Gasteiger partial charge in [-0.3, -0.25) is 4.90 Å². The van der Waals surface area contributed by atoms with Crippen LogP contribution in [0.3, 0.4) is 0 Å². The van der Waals surface area contributed by atoms with Gasteiger partial charge < -0.3 is 24.1 Å². The van der Waals surface area contributed by atoms with Gasteiger partial charge in [-0.1, -0.05) is 26.8 Å². The lowest BCUT2D eigenvalue weighted by atomic mass is 9.87. The quantitative estimate of drug-likeness (QED) is 0.643. The topological polar surface area (TPSA) is 80.1 Å². The number of aromatic nitrogens is 1. The monoisotopic (exact) mass is 450 g/mol. The standard InChI is InChI=1S/C25H30N4O4/c1-25(2,3)17-4-6-20-19(14-17)27-23(33-20)16-28-8-10-29(11-9-28)24(30)26-18-5-7-21-22(15-18)32-13-12-31-21/h4-7,14-15H,8-13,16H2,1-3H3,(H,26,30). The van der Waals surface area contributed by atoms with Gasteiger partial charge in [0.25, 0.3) is 0 Å². The molecule has 174 valence electrons. The van der Waals surface area contributed by atoms with Crippen molar-refractivity contribution in [2.75, 3.05) is 44.7 Å². The number of fused-ring (bicyclic) bond motifs is 2. The van der Waals surface area contributed by atoms with Crippen LogP contribution >= 0.6 is 0 Å². The van der Waals surface area contributed by atoms with Gasteiger partial charge >= 0.3 is 6.03 Å². The number of oxazole rings is 1. The number of anilines is 1. The van der Waals surface area contributed by atoms with Gasteiger partial charge in [0.1, 0.15) is 18.7 Å². The summed E-state index contributed by atoms with van der Waals surface area (Å²) in [6, 6.07) is 11.6. The summed E-state index contributed by atoms with van der Waals surface area (Å²) < 4.78 is 17.1. The van der Waals surface area contributed by atoms with Crippen LogP contribution in [0.15, 0.2) is 40.8 Å². The van der Waals surface area contributed by atoms with E-state index in [2.05, 4.69) is 43.1 Å². The molecule has 2 aliphatic heterocycles. The molecule has 0 aliphatic carbocycles. The highest BCUT2D eigenvalue weighted by atomic mass is 16.6. The van der Waals surface area contributed by atoms with E-state index in [4.69, 9.17) is 18.9 Å². The molecule has 2 aromatic carbocycles. The van der Waals surface area contributed by atoms with Crippen molar-refractivity contribution in [2.24, 2.45) is 0 Å². The van der Waals surface area contributed by atoms with Crippen molar-refractivity contribution in [3.63, 3.8) is 0 Å². The first-order valence-electron chi connectivity index (χ1n) is 11.4. The number of carbonyl (C=O) groups excluding carboxylic acids is 1. The van der Waals surface area contributed by atoms with Gasteiger partial charge in [0.2, 0.25) is 5.89 Å². The van der Waals surface area contributed by atoms with Gasteiger partial charge in [0.15, 0.2) is 17.1 Å². The molecule has 8 heteroatoms. The SMILES string of the molecule is CC(C)(C)c1ccc2oc(CN3CCN(C(=O)Nc4ccc5c(c4)OCCO5)CC3)nc2c1. The molecule has 2 amide bonds. The second-order valence-electron chi connectivity index (χ2n) is 9.59. The van der Waals surface area contributed by atoms with Crippen LogP contribution in [0.4, 0.5) is 10.5 Å². The summed E-state index contributed by atoms with van der Waals surface area (Å²) in [7, 11) is 0. The molecule has 33 heavy (non-hydrogen) atoms. The molecule has 3 aromatic rings. The summed E-state index contributed by atoms with van der Waals surface area (Å²) in [4.78, 5) is 21.5. The molecule has 1 N–H and O–H groups in total. The molecule has 0 radical (unpaired) electrons. The average Bonchev–Trinajstić information content (AvgIpc) is 3.20. The van der Waals surface area contributed by atoms with Crippen molar-refractivity contribution >= 4 is 22.8 Å². The number of benzene rings is 2. The Morgan fingerprint density at radius 3 is 2.52 bits per heavy atom. The Hall–Kier alpha value is -3.26. The van der Waals surface area contributed by atoms with Crippen LogP contribution in [-0.4, -0.2) is 60.2 Å². The minimum Gasteiger partial charge on any atom is -0.486 e. The number of ether oxygens (including phenoxy) is 2. The van der Waals surface area contributed by atoms with Gasteiger partial charge in [0.05, 0.1) is 6.54 Å². The predicted molar refractivity (Wildman–Crippen MR) is 126 cm³/mol. The Labute approximate surface area is 193 Å². The first-order chi connectivity index (χ1) is 15.8. The fraction of sp³-hybridized carbons (Fsp3) is 0.440. The maximum atomic E-state index is 12.7. The lowest BCUT2D eigenvalue weighted by Gasteiger charge is -2.34. The maximum Gasteiger partial charge on any atom is 0.321 e. The minimum absolute atomic E-state index is 0.0735. The second-order valence-corrected chi connectivity index (χ2v) is 9.59. The third-order valence-electron chi connectivity index (χ3n) is 6.11. The molecule has 1 fully saturated rings. The lowest BCUT2D eigenvalue weighted by Crippen LogP contribution is -2.49. The van der Waals surface area contributed by atoms with E-state index in [-0.39, 0.29) is 11.4 Å². The fourth-order valence-electron chi connectivity index (χ4n) is 4.13. The summed E-state index contributed by atoms with van der Waals surface area (Å²) >= 11 is 0. The Bertz CT molecular complexity index is 1160. The molecule has 1 aromatic heterocycles. The predicted octanol–water partition coefficient (Wildman–Crippen LogP) is 4.25. The van der Waals surface area contributed by atoms with E-state index >= 15 is 0 Å². The Morgan fingerprint density at radius 1 is 1.00 bits per heavy atom. The number of hydrogen-bond donors (Lipinski definition) is 1. The van der Waals surface area contributed by atoms with Crippen molar-refractivity contribution in [3.05, 3.63) is 47.9 Å². The molecule has 5 rings (SSSR count). The van der Waals surface area contributed by atoms with E-state index in [1.165, 1.54) is 5.56 Å². The molecule has 3 heterocycles. The highest BCUT2D eigenvalue weighted by molar-refractivity contribution is 5.89. The molecule has 1 saturated heterocycles. The van der Waals surface area contributed by atoms with Gasteiger partial charge in [-0.05, 0) is 35.2 Å². The number of hydrogen-bond acceptors (Lipinski definition) is 6. The highest BCUT2D eigenvalue weighted by Gasteiger charge is 2.23. The normalized spacial score (nSPS) is 16.8. The average molecular weight is 451 g/mol. The van der Waals surface area contributed by atoms with E-state index in [1.54, 1.807) is 6.07 Å². The molecular weight excluding hydrogens is 420 g/mol. The molecule has 0 atom stereocenters. The van der Waals surface area contributed by atoms with Gasteiger partial charge in [-0.15, -0.1) is 0 Å². The molecule has 0 unspecified atom stereocenters. The Balaban J connectivity index is 1.16. The maximum absolute atomic E-state index is 12.7. The highest BCUT2D eigenvalue weighted by Crippen LogP contribution is 2.32. The number of urea groups is 1. The summed E-state index contributed by atoms with van der Waals surface area (Å²) in [6.45, 7) is 11.1. The summed E-state index contributed by atoms with van der Waals surface area (Å²) in [5, 5.41) is 2.96. The molecule has 0 spiro atoms. The van der Waals surface area contributed by atoms with Crippen molar-refractivity contribution in [1.82, 2.24) is 14.8 Å². The zero-order valence-corrected chi connectivity index (χ0v) is 19.4. The first kappa shape index (κ1) is 21.6. The Morgan fingerprint density at radius 2 is 1.76 bits per heavy atom. The van der Waals surface area contributed by atoms with Gasteiger partial charge in [-0.2, -0.15) is 0 Å². The van der Waals surface area contributed by atoms with Crippen molar-refractivity contribution in [2.45, 2.75) is 32.7 Å². The van der Waals surface area contributed by atoms with Crippen molar-refractivity contribution in [3.8, 4) is 11.5 Å². The zero-order valence-electron chi connectivity index (χ0n) is 19.4. The number of nitrogens with one attached hydrogen (secondary N) is 1. The van der Waals surface area contributed by atoms with Crippen LogP contribution in [-0.2, 0) is 12.0 Å². The Kier molecular flexibility index (Phi) is 5.62. The van der Waals surface area contributed by atoms with Crippen LogP contribution in [0.1, 0.15) is 32.2 Å². The number of carbonyl (C=O) groups is 1. The molecule has 2 aliphatic rings. The van der Waals surface area contributed by atoms with Gasteiger partial charge in [-0.25, -0.2) is 9.78 Å². The van der Waals surface area contributed by atoms with Crippen LogP contribution in [0.2, 0.25) is 0 Å². The molecule has 0 bridgehead atoms. The van der Waals surface area contributed by atoms with Crippen LogP contribution in [0.25, 0.3) is 11.1 Å². The van der Waals surface area contributed by atoms with Crippen LogP contribution in [0, 0.1) is 0 Å². The lowest BCUT2D eigenvalue weighted by molar-refractivity contribution is 0.136. The van der Waals surface area contributed by atoms with E-state index < -0.39 is 0 Å². The van der Waals surface area contributed by atoms with Crippen molar-refractivity contribution < 1.29 is 18.7 Å². The van der Waals surface area contributed by atoms with Crippen molar-refractivity contribution in [1.29, 1.82) is 0 Å². The van der Waals surface area contributed by atoms with E-state index in [1.807, 2.05) is 23.1 Å². The number of amides is 2. The number of nitrogens with zero attached hydrogens (tertiary/aromatic N) is 3. The molecule has 8 nitrogen and oxygen atoms in total. The smallest absolute Gasteiger partial charge is 0.321 e. The fourth-order valence-corrected chi connectivity index (χ4v) is 4.13. The van der Waals surface area contributed by atoms with Gasteiger partial charge in [0, 0.05) is 37.9 Å². The summed E-state index contributed by atoms with van der Waals surface area (Å²) in [5.74, 6) is 2.09.